The zero-order valence-corrected chi connectivity index (χ0v) is 22.1. The van der Waals surface area contributed by atoms with E-state index in [2.05, 4.69) is 31.5 Å². The molecule has 0 spiro atoms. The molecule has 2 aromatic heterocycles. The number of aryl methyl sites for hydroxylation is 1. The van der Waals surface area contributed by atoms with Gasteiger partial charge >= 0.3 is 0 Å². The molecule has 4 aromatic rings. The average Bonchev–Trinajstić information content (AvgIpc) is 3.50. The molecule has 182 valence electrons. The minimum absolute atomic E-state index is 0.0675. The topological polar surface area (TPSA) is 70.4 Å². The number of nitrogens with zero attached hydrogens (tertiary/aromatic N) is 2. The molecule has 1 aliphatic heterocycles. The number of benzene rings is 2. The molecule has 0 radical (unpaired) electrons. The van der Waals surface area contributed by atoms with E-state index in [-0.39, 0.29) is 24.4 Å². The summed E-state index contributed by atoms with van der Waals surface area (Å²) in [6.45, 7) is 2.41. The van der Waals surface area contributed by atoms with Crippen LogP contribution in [0, 0.1) is 6.92 Å². The molecule has 0 saturated carbocycles. The molecule has 36 heavy (non-hydrogen) atoms. The van der Waals surface area contributed by atoms with Crippen LogP contribution in [0.2, 0.25) is 0 Å². The predicted molar refractivity (Wildman–Crippen MR) is 148 cm³/mol. The number of furan rings is 1. The third-order valence-electron chi connectivity index (χ3n) is 6.24. The molecule has 2 N–H and O–H groups in total. The van der Waals surface area contributed by atoms with E-state index in [4.69, 9.17) is 16.6 Å². The summed E-state index contributed by atoms with van der Waals surface area (Å²) < 4.78 is 7.37. The Hall–Kier alpha value is -3.49. The second-order valence-electron chi connectivity index (χ2n) is 8.64. The molecule has 1 fully saturated rings. The number of rotatable bonds is 7. The Labute approximate surface area is 223 Å². The van der Waals surface area contributed by atoms with Gasteiger partial charge in [-0.2, -0.15) is 0 Å². The van der Waals surface area contributed by atoms with Crippen LogP contribution < -0.4 is 10.6 Å². The van der Waals surface area contributed by atoms with Crippen LogP contribution in [-0.2, 0) is 4.79 Å². The molecule has 0 bridgehead atoms. The third-order valence-corrected chi connectivity index (χ3v) is 7.12. The average molecular weight is 562 g/mol. The number of amides is 1. The van der Waals surface area contributed by atoms with E-state index in [1.54, 1.807) is 6.20 Å². The highest BCUT2D eigenvalue weighted by Gasteiger charge is 2.41. The Balaban J connectivity index is 1.40. The smallest absolute Gasteiger partial charge is 0.226 e. The van der Waals surface area contributed by atoms with E-state index < -0.39 is 0 Å². The second kappa shape index (κ2) is 10.6. The number of pyridine rings is 1. The van der Waals surface area contributed by atoms with Gasteiger partial charge in [0.05, 0.1) is 11.7 Å². The lowest BCUT2D eigenvalue weighted by Gasteiger charge is -2.26. The number of para-hydroxylation sites is 1. The first kappa shape index (κ1) is 24.2. The fourth-order valence-corrected chi connectivity index (χ4v) is 4.98. The van der Waals surface area contributed by atoms with Crippen LogP contribution in [0.15, 0.2) is 93.9 Å². The summed E-state index contributed by atoms with van der Waals surface area (Å²) in [7, 11) is 0. The Morgan fingerprint density at radius 3 is 2.61 bits per heavy atom. The molecule has 1 amide bonds. The Morgan fingerprint density at radius 1 is 1.08 bits per heavy atom. The summed E-state index contributed by atoms with van der Waals surface area (Å²) in [6, 6.07) is 25.0. The van der Waals surface area contributed by atoms with Crippen LogP contribution in [0.5, 0.6) is 0 Å². The number of carbonyl (C=O) groups excluding carboxylic acids is 1. The summed E-state index contributed by atoms with van der Waals surface area (Å²) in [4.78, 5) is 19.4. The number of anilines is 1. The number of aromatic nitrogens is 1. The van der Waals surface area contributed by atoms with Crippen molar-refractivity contribution in [2.45, 2.75) is 25.4 Å². The van der Waals surface area contributed by atoms with Crippen molar-refractivity contribution in [3.8, 4) is 11.3 Å². The van der Waals surface area contributed by atoms with E-state index in [1.807, 2.05) is 90.7 Å². The van der Waals surface area contributed by atoms with Crippen molar-refractivity contribution in [2.75, 3.05) is 11.9 Å². The van der Waals surface area contributed by atoms with Gasteiger partial charge in [0, 0.05) is 34.9 Å². The minimum atomic E-state index is -0.247. The zero-order chi connectivity index (χ0) is 25.1. The Morgan fingerprint density at radius 2 is 1.86 bits per heavy atom. The van der Waals surface area contributed by atoms with Crippen LogP contribution in [0.3, 0.4) is 0 Å². The lowest BCUT2D eigenvalue weighted by Crippen LogP contribution is -2.32. The van der Waals surface area contributed by atoms with E-state index in [0.29, 0.717) is 11.7 Å². The fraction of sp³-hybridized carbons (Fsp3) is 0.179. The molecular formula is C28H25BrN4O2S. The second-order valence-corrected chi connectivity index (χ2v) is 9.94. The van der Waals surface area contributed by atoms with Crippen LogP contribution >= 0.6 is 28.1 Å². The monoisotopic (exact) mass is 560 g/mol. The van der Waals surface area contributed by atoms with Crippen LogP contribution in [0.4, 0.5) is 5.69 Å². The molecule has 3 heterocycles. The van der Waals surface area contributed by atoms with Crippen LogP contribution in [0.1, 0.15) is 35.5 Å². The van der Waals surface area contributed by atoms with Gasteiger partial charge in [0.25, 0.3) is 0 Å². The first-order valence-corrected chi connectivity index (χ1v) is 12.9. The maximum Gasteiger partial charge on any atom is 0.226 e. The van der Waals surface area contributed by atoms with Gasteiger partial charge in [0.1, 0.15) is 17.6 Å². The SMILES string of the molecule is Cc1ccccc1NC(=O)CCN1C(=S)N[C@@H](c2ccccn2)[C@H]1c1ccc(-c2ccc(Br)cc2)o1. The minimum Gasteiger partial charge on any atom is -0.459 e. The lowest BCUT2D eigenvalue weighted by atomic mass is 10.0. The van der Waals surface area contributed by atoms with Crippen LogP contribution in [0.25, 0.3) is 11.3 Å². The van der Waals surface area contributed by atoms with Crippen molar-refractivity contribution < 1.29 is 9.21 Å². The van der Waals surface area contributed by atoms with Crippen molar-refractivity contribution >= 4 is 44.9 Å². The van der Waals surface area contributed by atoms with Crippen LogP contribution in [-0.4, -0.2) is 27.4 Å². The Bertz CT molecular complexity index is 1370. The molecule has 0 aliphatic carbocycles. The molecule has 8 heteroatoms. The van der Waals surface area contributed by atoms with E-state index >= 15 is 0 Å². The number of thiocarbonyl (C=S) groups is 1. The largest absolute Gasteiger partial charge is 0.459 e. The highest BCUT2D eigenvalue weighted by molar-refractivity contribution is 9.10. The fourth-order valence-electron chi connectivity index (χ4n) is 4.38. The quantitative estimate of drug-likeness (QED) is 0.254. The van der Waals surface area contributed by atoms with E-state index in [1.165, 1.54) is 0 Å². The number of hydrogen-bond donors (Lipinski definition) is 2. The third kappa shape index (κ3) is 5.20. The molecule has 5 rings (SSSR count). The van der Waals surface area contributed by atoms with Gasteiger partial charge < -0.3 is 20.0 Å². The summed E-state index contributed by atoms with van der Waals surface area (Å²) in [6.07, 6.45) is 2.05. The molecule has 6 nitrogen and oxygen atoms in total. The predicted octanol–water partition coefficient (Wildman–Crippen LogP) is 6.41. The highest BCUT2D eigenvalue weighted by atomic mass is 79.9. The molecule has 2 aromatic carbocycles. The summed E-state index contributed by atoms with van der Waals surface area (Å²) in [5.41, 5.74) is 3.68. The standard InChI is InChI=1S/C28H25BrN4O2S/c1-18-6-2-3-7-21(18)31-25(34)15-17-33-27(26(32-28(33)36)22-8-4-5-16-30-22)24-14-13-23(35-24)19-9-11-20(29)12-10-19/h2-14,16,26-27H,15,17H2,1H3,(H,31,34)(H,32,36)/t26-,27+/m0/s1. The first-order chi connectivity index (χ1) is 17.5. The first-order valence-electron chi connectivity index (χ1n) is 11.7. The molecule has 1 saturated heterocycles. The van der Waals surface area contributed by atoms with Gasteiger partial charge in [0.2, 0.25) is 5.91 Å². The summed E-state index contributed by atoms with van der Waals surface area (Å²) in [5, 5.41) is 6.98. The van der Waals surface area contributed by atoms with Crippen molar-refractivity contribution in [1.82, 2.24) is 15.2 Å². The Kier molecular flexibility index (Phi) is 7.16. The number of carbonyl (C=O) groups is 1. The van der Waals surface area contributed by atoms with Gasteiger partial charge in [0.15, 0.2) is 5.11 Å². The molecular weight excluding hydrogens is 536 g/mol. The molecule has 1 aliphatic rings. The summed E-state index contributed by atoms with van der Waals surface area (Å²) in [5.74, 6) is 1.46. The van der Waals surface area contributed by atoms with Gasteiger partial charge in [-0.15, -0.1) is 0 Å². The van der Waals surface area contributed by atoms with Crippen molar-refractivity contribution in [3.63, 3.8) is 0 Å². The van der Waals surface area contributed by atoms with Gasteiger partial charge in [-0.25, -0.2) is 0 Å². The van der Waals surface area contributed by atoms with Crippen molar-refractivity contribution in [3.05, 3.63) is 107 Å². The van der Waals surface area contributed by atoms with Gasteiger partial charge in [-0.1, -0.05) is 52.3 Å². The lowest BCUT2D eigenvalue weighted by molar-refractivity contribution is -0.116. The maximum absolute atomic E-state index is 12.8. The van der Waals surface area contributed by atoms with Crippen molar-refractivity contribution in [2.24, 2.45) is 0 Å². The van der Waals surface area contributed by atoms with E-state index in [0.717, 1.165) is 38.5 Å². The number of nitrogens with one attached hydrogen (secondary N) is 2. The summed E-state index contributed by atoms with van der Waals surface area (Å²) >= 11 is 9.20. The molecule has 0 unspecified atom stereocenters. The molecule has 2 atom stereocenters. The van der Waals surface area contributed by atoms with E-state index in [9.17, 15) is 4.79 Å². The van der Waals surface area contributed by atoms with Gasteiger partial charge in [-0.05, 0) is 67.2 Å². The van der Waals surface area contributed by atoms with Gasteiger partial charge in [-0.3, -0.25) is 9.78 Å². The zero-order valence-electron chi connectivity index (χ0n) is 19.6. The maximum atomic E-state index is 12.8. The van der Waals surface area contributed by atoms with Crippen molar-refractivity contribution in [1.29, 1.82) is 0 Å². The highest BCUT2D eigenvalue weighted by Crippen LogP contribution is 2.40. The number of hydrogen-bond acceptors (Lipinski definition) is 4. The number of halogens is 1. The normalized spacial score (nSPS) is 17.2.